The Morgan fingerprint density at radius 1 is 0.968 bits per heavy atom. The molecule has 8 heteroatoms. The molecule has 0 aliphatic heterocycles. The first-order valence-corrected chi connectivity index (χ1v) is 9.59. The first kappa shape index (κ1) is 20.0. The van der Waals surface area contributed by atoms with E-state index >= 15 is 0 Å². The van der Waals surface area contributed by atoms with E-state index in [4.69, 9.17) is 0 Å². The van der Waals surface area contributed by atoms with Crippen LogP contribution >= 0.6 is 0 Å². The summed E-state index contributed by atoms with van der Waals surface area (Å²) in [5.41, 5.74) is 0.817. The molecule has 154 valence electrons. The van der Waals surface area contributed by atoms with Crippen LogP contribution in [0.3, 0.4) is 0 Å². The van der Waals surface area contributed by atoms with E-state index in [1.165, 1.54) is 0 Å². The predicted octanol–water partition coefficient (Wildman–Crippen LogP) is 2.40. The maximum atomic E-state index is 13.1. The molecule has 2 heterocycles. The van der Waals surface area contributed by atoms with Crippen LogP contribution < -0.4 is 16.6 Å². The Bertz CT molecular complexity index is 1330. The van der Waals surface area contributed by atoms with Gasteiger partial charge in [0.1, 0.15) is 0 Å². The van der Waals surface area contributed by atoms with Crippen LogP contribution in [-0.2, 0) is 6.54 Å². The number of para-hydroxylation sites is 1. The lowest BCUT2D eigenvalue weighted by atomic mass is 10.2. The van der Waals surface area contributed by atoms with Gasteiger partial charge in [-0.2, -0.15) is 9.78 Å². The molecule has 1 N–H and O–H groups in total. The number of anilines is 1. The Morgan fingerprint density at radius 3 is 2.39 bits per heavy atom. The molecule has 2 aromatic carbocycles. The number of amides is 1. The summed E-state index contributed by atoms with van der Waals surface area (Å²) in [4.78, 5) is 43.1. The number of rotatable bonds is 5. The molecule has 4 rings (SSSR count). The van der Waals surface area contributed by atoms with E-state index < -0.39 is 17.2 Å². The van der Waals surface area contributed by atoms with E-state index in [1.807, 2.05) is 25.1 Å². The molecule has 0 spiro atoms. The standard InChI is InChI=1S/C23H19N5O3/c1-16-9-11-19(12-10-16)28-23(31)27(15-17-6-5-13-24-14-17)22(30)20(26-28)21(29)25-18-7-3-2-4-8-18/h2-14H,15H2,1H3,(H,25,29). The smallest absolute Gasteiger partial charge is 0.320 e. The van der Waals surface area contributed by atoms with Gasteiger partial charge in [0.15, 0.2) is 0 Å². The van der Waals surface area contributed by atoms with Gasteiger partial charge in [-0.3, -0.25) is 19.1 Å². The number of carbonyl (C=O) groups excluding carboxylic acids is 1. The first-order valence-electron chi connectivity index (χ1n) is 9.59. The molecule has 0 saturated heterocycles. The minimum atomic E-state index is -0.773. The fourth-order valence-corrected chi connectivity index (χ4v) is 3.04. The Labute approximate surface area is 177 Å². The second-order valence-corrected chi connectivity index (χ2v) is 6.95. The third-order valence-corrected chi connectivity index (χ3v) is 4.65. The number of hydrogen-bond acceptors (Lipinski definition) is 5. The second-order valence-electron chi connectivity index (χ2n) is 6.95. The zero-order chi connectivity index (χ0) is 21.8. The van der Waals surface area contributed by atoms with Crippen molar-refractivity contribution in [1.82, 2.24) is 19.3 Å². The summed E-state index contributed by atoms with van der Waals surface area (Å²) < 4.78 is 2.06. The van der Waals surface area contributed by atoms with Crippen LogP contribution in [0.1, 0.15) is 21.6 Å². The largest absolute Gasteiger partial charge is 0.352 e. The van der Waals surface area contributed by atoms with Crippen molar-refractivity contribution in [1.29, 1.82) is 0 Å². The molecule has 4 aromatic rings. The predicted molar refractivity (Wildman–Crippen MR) is 117 cm³/mol. The third kappa shape index (κ3) is 4.32. The summed E-state index contributed by atoms with van der Waals surface area (Å²) in [7, 11) is 0. The van der Waals surface area contributed by atoms with Gasteiger partial charge in [-0.1, -0.05) is 42.0 Å². The van der Waals surface area contributed by atoms with Crippen LogP contribution in [0.5, 0.6) is 0 Å². The van der Waals surface area contributed by atoms with E-state index in [-0.39, 0.29) is 12.2 Å². The molecule has 0 aliphatic rings. The van der Waals surface area contributed by atoms with Gasteiger partial charge in [-0.25, -0.2) is 4.79 Å². The number of aryl methyl sites for hydroxylation is 1. The number of pyridine rings is 1. The summed E-state index contributed by atoms with van der Waals surface area (Å²) in [5, 5.41) is 6.77. The molecule has 8 nitrogen and oxygen atoms in total. The highest BCUT2D eigenvalue weighted by atomic mass is 16.2. The lowest BCUT2D eigenvalue weighted by Gasteiger charge is -2.12. The number of hydrogen-bond donors (Lipinski definition) is 1. The Hall–Kier alpha value is -4.33. The van der Waals surface area contributed by atoms with E-state index in [2.05, 4.69) is 15.4 Å². The van der Waals surface area contributed by atoms with Crippen molar-refractivity contribution in [3.05, 3.63) is 117 Å². The van der Waals surface area contributed by atoms with Gasteiger partial charge in [0, 0.05) is 18.1 Å². The average Bonchev–Trinajstić information content (AvgIpc) is 2.79. The Kier molecular flexibility index (Phi) is 5.53. The van der Waals surface area contributed by atoms with Crippen molar-refractivity contribution in [2.75, 3.05) is 5.32 Å². The normalized spacial score (nSPS) is 10.6. The van der Waals surface area contributed by atoms with Crippen molar-refractivity contribution < 1.29 is 4.79 Å². The van der Waals surface area contributed by atoms with Gasteiger partial charge in [0.2, 0.25) is 5.69 Å². The highest BCUT2D eigenvalue weighted by Crippen LogP contribution is 2.08. The van der Waals surface area contributed by atoms with Gasteiger partial charge in [0.05, 0.1) is 12.2 Å². The fourth-order valence-electron chi connectivity index (χ4n) is 3.04. The lowest BCUT2D eigenvalue weighted by molar-refractivity contribution is 0.101. The quantitative estimate of drug-likeness (QED) is 0.542. The van der Waals surface area contributed by atoms with Gasteiger partial charge in [0.25, 0.3) is 11.5 Å². The summed E-state index contributed by atoms with van der Waals surface area (Å²) in [6.07, 6.45) is 3.16. The first-order chi connectivity index (χ1) is 15.0. The van der Waals surface area contributed by atoms with E-state index in [9.17, 15) is 14.4 Å². The number of nitrogens with one attached hydrogen (secondary N) is 1. The van der Waals surface area contributed by atoms with Gasteiger partial charge in [-0.15, -0.1) is 0 Å². The summed E-state index contributed by atoms with van der Waals surface area (Å²) in [5.74, 6) is -0.697. The third-order valence-electron chi connectivity index (χ3n) is 4.65. The Balaban J connectivity index is 1.85. The lowest BCUT2D eigenvalue weighted by Crippen LogP contribution is -2.45. The molecule has 0 radical (unpaired) electrons. The number of aromatic nitrogens is 4. The molecular weight excluding hydrogens is 394 g/mol. The van der Waals surface area contributed by atoms with Gasteiger partial charge in [-0.05, 0) is 42.8 Å². The van der Waals surface area contributed by atoms with E-state index in [0.29, 0.717) is 16.9 Å². The molecule has 0 atom stereocenters. The molecule has 0 aliphatic carbocycles. The maximum absolute atomic E-state index is 13.1. The summed E-state index contributed by atoms with van der Waals surface area (Å²) in [6.45, 7) is 1.88. The average molecular weight is 413 g/mol. The van der Waals surface area contributed by atoms with Crippen LogP contribution in [0.15, 0.2) is 88.7 Å². The minimum absolute atomic E-state index is 0.0362. The molecule has 1 amide bonds. The molecule has 0 fully saturated rings. The number of nitrogens with zero attached hydrogens (tertiary/aromatic N) is 4. The van der Waals surface area contributed by atoms with Gasteiger partial charge >= 0.3 is 5.69 Å². The van der Waals surface area contributed by atoms with Crippen molar-refractivity contribution >= 4 is 11.6 Å². The van der Waals surface area contributed by atoms with Crippen molar-refractivity contribution in [3.63, 3.8) is 0 Å². The van der Waals surface area contributed by atoms with Crippen molar-refractivity contribution in [2.45, 2.75) is 13.5 Å². The van der Waals surface area contributed by atoms with Crippen LogP contribution in [0, 0.1) is 6.92 Å². The maximum Gasteiger partial charge on any atom is 0.352 e. The zero-order valence-electron chi connectivity index (χ0n) is 16.7. The van der Waals surface area contributed by atoms with Crippen LogP contribution in [-0.4, -0.2) is 25.2 Å². The monoisotopic (exact) mass is 413 g/mol. The molecule has 0 saturated carbocycles. The molecule has 31 heavy (non-hydrogen) atoms. The highest BCUT2D eigenvalue weighted by Gasteiger charge is 2.20. The molecule has 0 bridgehead atoms. The number of benzene rings is 2. The Morgan fingerprint density at radius 2 is 1.71 bits per heavy atom. The van der Waals surface area contributed by atoms with Crippen molar-refractivity contribution in [3.8, 4) is 5.69 Å². The molecular formula is C23H19N5O3. The molecule has 0 unspecified atom stereocenters. The van der Waals surface area contributed by atoms with Gasteiger partial charge < -0.3 is 5.32 Å². The second kappa shape index (κ2) is 8.58. The minimum Gasteiger partial charge on any atom is -0.320 e. The highest BCUT2D eigenvalue weighted by molar-refractivity contribution is 6.02. The van der Waals surface area contributed by atoms with Crippen LogP contribution in [0.25, 0.3) is 5.69 Å². The SMILES string of the molecule is Cc1ccc(-n2nc(C(=O)Nc3ccccc3)c(=O)n(Cc3cccnc3)c2=O)cc1. The molecule has 2 aromatic heterocycles. The fraction of sp³-hybridized carbons (Fsp3) is 0.0870. The van der Waals surface area contributed by atoms with E-state index in [1.54, 1.807) is 60.9 Å². The van der Waals surface area contributed by atoms with Crippen LogP contribution in [0.2, 0.25) is 0 Å². The van der Waals surface area contributed by atoms with E-state index in [0.717, 1.165) is 14.8 Å². The summed E-state index contributed by atoms with van der Waals surface area (Å²) >= 11 is 0. The zero-order valence-corrected chi connectivity index (χ0v) is 16.7. The van der Waals surface area contributed by atoms with Crippen molar-refractivity contribution in [2.24, 2.45) is 0 Å². The number of carbonyl (C=O) groups is 1. The van der Waals surface area contributed by atoms with Crippen LogP contribution in [0.4, 0.5) is 5.69 Å². The topological polar surface area (TPSA) is 98.9 Å². The summed E-state index contributed by atoms with van der Waals surface area (Å²) in [6, 6.07) is 19.3.